The fraction of sp³-hybridized carbons (Fsp3) is 0.407. The number of nitrogens with zero attached hydrogens (tertiary/aromatic N) is 2. The molecule has 0 radical (unpaired) electrons. The molecule has 0 aliphatic carbocycles. The number of amides is 1. The maximum Gasteiger partial charge on any atom is 0.269 e. The van der Waals surface area contributed by atoms with Crippen molar-refractivity contribution in [1.82, 2.24) is 14.9 Å². The Morgan fingerprint density at radius 3 is 2.53 bits per heavy atom. The van der Waals surface area contributed by atoms with Crippen LogP contribution in [0.1, 0.15) is 56.4 Å². The van der Waals surface area contributed by atoms with E-state index in [1.54, 1.807) is 23.0 Å². The van der Waals surface area contributed by atoms with Gasteiger partial charge >= 0.3 is 0 Å². The SMILES string of the molecule is CCCC[C@@H](CC)COCCCNC(=O)c1cncn1-c1ccc(-c2ccc(F)c(F)c2)cc1. The van der Waals surface area contributed by atoms with Crippen LogP contribution < -0.4 is 5.32 Å². The fourth-order valence-corrected chi connectivity index (χ4v) is 3.77. The van der Waals surface area contributed by atoms with Gasteiger partial charge in [-0.3, -0.25) is 9.36 Å². The number of nitrogens with one attached hydrogen (secondary N) is 1. The number of hydrogen-bond donors (Lipinski definition) is 1. The summed E-state index contributed by atoms with van der Waals surface area (Å²) in [5, 5.41) is 2.92. The molecular weight excluding hydrogens is 436 g/mol. The lowest BCUT2D eigenvalue weighted by molar-refractivity contribution is 0.0872. The van der Waals surface area contributed by atoms with Crippen LogP contribution in [-0.2, 0) is 4.74 Å². The standard InChI is InChI=1S/C27H33F2N3O2/c1-3-5-7-20(4-2)18-34-15-6-14-31-27(33)26-17-30-19-32(26)23-11-8-21(9-12-23)22-10-13-24(28)25(29)16-22/h8-13,16-17,19-20H,3-7,14-15,18H2,1-2H3,(H,31,33)/t20-/m1/s1. The fourth-order valence-electron chi connectivity index (χ4n) is 3.77. The molecule has 1 amide bonds. The molecule has 3 aromatic rings. The molecule has 5 nitrogen and oxygen atoms in total. The van der Waals surface area contributed by atoms with Crippen molar-refractivity contribution in [1.29, 1.82) is 0 Å². The Labute approximate surface area is 200 Å². The van der Waals surface area contributed by atoms with E-state index >= 15 is 0 Å². The Kier molecular flexibility index (Phi) is 9.76. The van der Waals surface area contributed by atoms with Crippen molar-refractivity contribution in [2.75, 3.05) is 19.8 Å². The molecule has 0 saturated carbocycles. The average molecular weight is 470 g/mol. The van der Waals surface area contributed by atoms with Crippen molar-refractivity contribution < 1.29 is 18.3 Å². The number of imidazole rings is 1. The van der Waals surface area contributed by atoms with E-state index in [-0.39, 0.29) is 5.91 Å². The molecule has 7 heteroatoms. The van der Waals surface area contributed by atoms with Crippen LogP contribution in [0, 0.1) is 17.6 Å². The summed E-state index contributed by atoms with van der Waals surface area (Å²) in [5.74, 6) is -1.37. The lowest BCUT2D eigenvalue weighted by atomic mass is 10.0. The van der Waals surface area contributed by atoms with Crippen LogP contribution in [0.15, 0.2) is 55.0 Å². The molecule has 0 aliphatic heterocycles. The van der Waals surface area contributed by atoms with Crippen LogP contribution in [0.4, 0.5) is 8.78 Å². The molecule has 0 aliphatic rings. The van der Waals surface area contributed by atoms with Crippen molar-refractivity contribution in [2.45, 2.75) is 46.0 Å². The number of benzene rings is 2. The highest BCUT2D eigenvalue weighted by molar-refractivity contribution is 5.93. The Morgan fingerprint density at radius 2 is 1.82 bits per heavy atom. The maximum absolute atomic E-state index is 13.5. The number of unbranched alkanes of at least 4 members (excludes halogenated alkanes) is 1. The number of aromatic nitrogens is 2. The van der Waals surface area contributed by atoms with Gasteiger partial charge < -0.3 is 10.1 Å². The molecular formula is C27H33F2N3O2. The first kappa shape index (κ1) is 25.6. The first-order valence-electron chi connectivity index (χ1n) is 12.0. The highest BCUT2D eigenvalue weighted by Gasteiger charge is 2.13. The number of carbonyl (C=O) groups is 1. The predicted molar refractivity (Wildman–Crippen MR) is 130 cm³/mol. The largest absolute Gasteiger partial charge is 0.381 e. The van der Waals surface area contributed by atoms with E-state index in [1.807, 2.05) is 12.1 Å². The first-order chi connectivity index (χ1) is 16.5. The molecule has 182 valence electrons. The van der Waals surface area contributed by atoms with Crippen molar-refractivity contribution >= 4 is 5.91 Å². The maximum atomic E-state index is 13.5. The lowest BCUT2D eigenvalue weighted by Crippen LogP contribution is -2.27. The summed E-state index contributed by atoms with van der Waals surface area (Å²) >= 11 is 0. The third-order valence-electron chi connectivity index (χ3n) is 5.92. The zero-order valence-corrected chi connectivity index (χ0v) is 19.9. The van der Waals surface area contributed by atoms with Crippen molar-refractivity contribution in [3.05, 3.63) is 72.3 Å². The Bertz CT molecular complexity index is 1050. The summed E-state index contributed by atoms with van der Waals surface area (Å²) in [7, 11) is 0. The molecule has 0 unspecified atom stereocenters. The molecule has 0 fully saturated rings. The number of halogens is 2. The minimum atomic E-state index is -0.887. The van der Waals surface area contributed by atoms with Gasteiger partial charge in [-0.15, -0.1) is 0 Å². The van der Waals surface area contributed by atoms with Gasteiger partial charge in [-0.1, -0.05) is 51.3 Å². The zero-order chi connectivity index (χ0) is 24.3. The predicted octanol–water partition coefficient (Wildman–Crippen LogP) is 6.17. The number of ether oxygens (including phenoxy) is 1. The van der Waals surface area contributed by atoms with Crippen LogP contribution in [0.2, 0.25) is 0 Å². The minimum Gasteiger partial charge on any atom is -0.381 e. The third kappa shape index (κ3) is 6.97. The third-order valence-corrected chi connectivity index (χ3v) is 5.92. The minimum absolute atomic E-state index is 0.212. The second kappa shape index (κ2) is 13.0. The molecule has 34 heavy (non-hydrogen) atoms. The second-order valence-electron chi connectivity index (χ2n) is 8.43. The van der Waals surface area contributed by atoms with Gasteiger partial charge in [0.15, 0.2) is 11.6 Å². The van der Waals surface area contributed by atoms with Gasteiger partial charge in [0.25, 0.3) is 5.91 Å². The summed E-state index contributed by atoms with van der Waals surface area (Å²) in [6.45, 7) is 6.31. The zero-order valence-electron chi connectivity index (χ0n) is 19.9. The van der Waals surface area contributed by atoms with E-state index in [1.165, 1.54) is 31.5 Å². The number of hydrogen-bond acceptors (Lipinski definition) is 3. The van der Waals surface area contributed by atoms with Crippen LogP contribution in [-0.4, -0.2) is 35.2 Å². The molecule has 3 rings (SSSR count). The summed E-state index contributed by atoms with van der Waals surface area (Å²) in [6, 6.07) is 11.0. The van der Waals surface area contributed by atoms with Gasteiger partial charge in [0.05, 0.1) is 12.5 Å². The summed E-state index contributed by atoms with van der Waals surface area (Å²) in [6.07, 6.45) is 8.61. The van der Waals surface area contributed by atoms with Crippen LogP contribution in [0.5, 0.6) is 0 Å². The quantitative estimate of drug-likeness (QED) is 0.305. The van der Waals surface area contributed by atoms with Crippen LogP contribution in [0.3, 0.4) is 0 Å². The molecule has 1 N–H and O–H groups in total. The Balaban J connectivity index is 1.51. The smallest absolute Gasteiger partial charge is 0.269 e. The second-order valence-corrected chi connectivity index (χ2v) is 8.43. The first-order valence-corrected chi connectivity index (χ1v) is 12.0. The molecule has 0 saturated heterocycles. The molecule has 2 aromatic carbocycles. The molecule has 1 atom stereocenters. The van der Waals surface area contributed by atoms with E-state index in [4.69, 9.17) is 4.74 Å². The highest BCUT2D eigenvalue weighted by atomic mass is 19.2. The van der Waals surface area contributed by atoms with E-state index in [0.29, 0.717) is 30.3 Å². The monoisotopic (exact) mass is 469 g/mol. The van der Waals surface area contributed by atoms with E-state index in [0.717, 1.165) is 42.8 Å². The molecule has 1 aromatic heterocycles. The van der Waals surface area contributed by atoms with Crippen LogP contribution >= 0.6 is 0 Å². The van der Waals surface area contributed by atoms with Gasteiger partial charge in [-0.2, -0.15) is 0 Å². The van der Waals surface area contributed by atoms with E-state index in [2.05, 4.69) is 24.1 Å². The van der Waals surface area contributed by atoms with Gasteiger partial charge in [0.1, 0.15) is 5.69 Å². The van der Waals surface area contributed by atoms with Gasteiger partial charge in [0, 0.05) is 25.4 Å². The molecule has 1 heterocycles. The average Bonchev–Trinajstić information content (AvgIpc) is 3.35. The van der Waals surface area contributed by atoms with Gasteiger partial charge in [-0.05, 0) is 54.2 Å². The number of rotatable bonds is 13. The molecule has 0 bridgehead atoms. The Morgan fingerprint density at radius 1 is 1.06 bits per heavy atom. The summed E-state index contributed by atoms with van der Waals surface area (Å²) in [4.78, 5) is 16.8. The molecule has 0 spiro atoms. The van der Waals surface area contributed by atoms with Crippen molar-refractivity contribution in [3.8, 4) is 16.8 Å². The van der Waals surface area contributed by atoms with E-state index in [9.17, 15) is 13.6 Å². The Hall–Kier alpha value is -3.06. The van der Waals surface area contributed by atoms with Crippen molar-refractivity contribution in [2.24, 2.45) is 5.92 Å². The summed E-state index contributed by atoms with van der Waals surface area (Å²) < 4.78 is 34.2. The highest BCUT2D eigenvalue weighted by Crippen LogP contribution is 2.23. The van der Waals surface area contributed by atoms with E-state index < -0.39 is 11.6 Å². The summed E-state index contributed by atoms with van der Waals surface area (Å²) in [5.41, 5.74) is 2.49. The van der Waals surface area contributed by atoms with Gasteiger partial charge in [0.2, 0.25) is 0 Å². The van der Waals surface area contributed by atoms with Crippen LogP contribution in [0.25, 0.3) is 16.8 Å². The normalized spacial score (nSPS) is 12.0. The lowest BCUT2D eigenvalue weighted by Gasteiger charge is -2.14. The van der Waals surface area contributed by atoms with Crippen molar-refractivity contribution in [3.63, 3.8) is 0 Å². The topological polar surface area (TPSA) is 56.1 Å². The van der Waals surface area contributed by atoms with Gasteiger partial charge in [-0.25, -0.2) is 13.8 Å². The number of carbonyl (C=O) groups excluding carboxylic acids is 1.